The molecule has 7 heteroatoms. The average Bonchev–Trinajstić information content (AvgIpc) is 2.28. The number of halogens is 3. The number of alkyl halides is 3. The van der Waals surface area contributed by atoms with Crippen molar-refractivity contribution in [3.05, 3.63) is 46.1 Å². The summed E-state index contributed by atoms with van der Waals surface area (Å²) < 4.78 is -0.687. The van der Waals surface area contributed by atoms with Crippen LogP contribution in [0.1, 0.15) is 11.3 Å². The lowest BCUT2D eigenvalue weighted by atomic mass is 10.2. The second-order valence-corrected chi connectivity index (χ2v) is 5.46. The van der Waals surface area contributed by atoms with Crippen molar-refractivity contribution in [2.45, 2.75) is 3.79 Å². The first-order valence-corrected chi connectivity index (χ1v) is 5.57. The monoisotopic (exact) mass is 287 g/mol. The fraction of sp³-hybridized carbons (Fsp3) is 0.100. The van der Waals surface area contributed by atoms with Crippen LogP contribution in [-0.4, -0.2) is 9.38 Å². The molecule has 0 bridgehead atoms. The predicted octanol–water partition coefficient (Wildman–Crippen LogP) is 2.39. The van der Waals surface area contributed by atoms with Crippen molar-refractivity contribution in [1.82, 2.24) is 9.38 Å². The fourth-order valence-electron chi connectivity index (χ4n) is 1.46. The van der Waals surface area contributed by atoms with E-state index in [-0.39, 0.29) is 11.3 Å². The van der Waals surface area contributed by atoms with E-state index in [2.05, 4.69) is 4.98 Å². The first-order chi connectivity index (χ1) is 7.95. The molecule has 2 heterocycles. The molecule has 86 valence electrons. The van der Waals surface area contributed by atoms with Crippen molar-refractivity contribution in [2.75, 3.05) is 0 Å². The molecule has 0 aliphatic rings. The second kappa shape index (κ2) is 4.19. The predicted molar refractivity (Wildman–Crippen MR) is 65.4 cm³/mol. The Kier molecular flexibility index (Phi) is 3.00. The van der Waals surface area contributed by atoms with E-state index < -0.39 is 9.48 Å². The minimum atomic E-state index is -1.91. The Balaban J connectivity index is 3.00. The van der Waals surface area contributed by atoms with E-state index in [0.717, 1.165) is 0 Å². The van der Waals surface area contributed by atoms with Crippen molar-refractivity contribution in [3.63, 3.8) is 0 Å². The molecule has 0 aliphatic heterocycles. The lowest BCUT2D eigenvalue weighted by molar-refractivity contribution is 0.928. The summed E-state index contributed by atoms with van der Waals surface area (Å²) >= 11 is 17.1. The molecule has 0 atom stereocenters. The SMILES string of the molecule is N#Cc1c(C(Cl)(Cl)Cl)nc(=O)n2ccccc12. The maximum absolute atomic E-state index is 11.7. The lowest BCUT2D eigenvalue weighted by Gasteiger charge is -2.12. The van der Waals surface area contributed by atoms with Crippen LogP contribution in [0.2, 0.25) is 0 Å². The van der Waals surface area contributed by atoms with Gasteiger partial charge in [-0.1, -0.05) is 40.9 Å². The summed E-state index contributed by atoms with van der Waals surface area (Å²) in [4.78, 5) is 15.3. The minimum absolute atomic E-state index is 0.0743. The van der Waals surface area contributed by atoms with Crippen LogP contribution < -0.4 is 5.69 Å². The molecule has 0 N–H and O–H groups in total. The summed E-state index contributed by atoms with van der Waals surface area (Å²) in [6.45, 7) is 0. The summed E-state index contributed by atoms with van der Waals surface area (Å²) in [5.41, 5.74) is -0.316. The van der Waals surface area contributed by atoms with Gasteiger partial charge in [0.2, 0.25) is 3.79 Å². The molecule has 0 amide bonds. The topological polar surface area (TPSA) is 58.2 Å². The smallest absolute Gasteiger partial charge is 0.267 e. The molecule has 0 aliphatic carbocycles. The zero-order chi connectivity index (χ0) is 12.6. The van der Waals surface area contributed by atoms with Crippen LogP contribution in [0.3, 0.4) is 0 Å². The van der Waals surface area contributed by atoms with Crippen LogP contribution in [-0.2, 0) is 3.79 Å². The summed E-state index contributed by atoms with van der Waals surface area (Å²) in [7, 11) is 0. The molecule has 2 aromatic heterocycles. The number of nitrogens with zero attached hydrogens (tertiary/aromatic N) is 3. The van der Waals surface area contributed by atoms with Crippen molar-refractivity contribution in [1.29, 1.82) is 5.26 Å². The highest BCUT2D eigenvalue weighted by Crippen LogP contribution is 2.38. The maximum atomic E-state index is 11.7. The molecule has 0 fully saturated rings. The van der Waals surface area contributed by atoms with Gasteiger partial charge in [-0.2, -0.15) is 10.2 Å². The minimum Gasteiger partial charge on any atom is -0.267 e. The first-order valence-electron chi connectivity index (χ1n) is 4.44. The highest BCUT2D eigenvalue weighted by atomic mass is 35.6. The summed E-state index contributed by atoms with van der Waals surface area (Å²) in [6.07, 6.45) is 1.49. The Morgan fingerprint density at radius 2 is 2.06 bits per heavy atom. The van der Waals surface area contributed by atoms with Crippen LogP contribution in [0.4, 0.5) is 0 Å². The molecular weight excluding hydrogens is 284 g/mol. The van der Waals surface area contributed by atoms with E-state index >= 15 is 0 Å². The van der Waals surface area contributed by atoms with E-state index in [9.17, 15) is 4.79 Å². The van der Waals surface area contributed by atoms with Crippen LogP contribution in [0.15, 0.2) is 29.2 Å². The third-order valence-electron chi connectivity index (χ3n) is 2.15. The number of nitriles is 1. The molecule has 2 rings (SSSR count). The second-order valence-electron chi connectivity index (χ2n) is 3.18. The van der Waals surface area contributed by atoms with Crippen molar-refractivity contribution < 1.29 is 0 Å². The van der Waals surface area contributed by atoms with Gasteiger partial charge < -0.3 is 0 Å². The van der Waals surface area contributed by atoms with Crippen molar-refractivity contribution in [3.8, 4) is 6.07 Å². The molecule has 0 spiro atoms. The number of pyridine rings is 1. The summed E-state index contributed by atoms with van der Waals surface area (Å²) in [5.74, 6) is 0. The van der Waals surface area contributed by atoms with Gasteiger partial charge in [-0.3, -0.25) is 4.40 Å². The molecule has 0 unspecified atom stereocenters. The van der Waals surface area contributed by atoms with Gasteiger partial charge in [0.05, 0.1) is 5.52 Å². The molecular formula is C10H4Cl3N3O. The molecule has 4 nitrogen and oxygen atoms in total. The van der Waals surface area contributed by atoms with Crippen LogP contribution >= 0.6 is 34.8 Å². The summed E-state index contributed by atoms with van der Waals surface area (Å²) in [6, 6.07) is 6.81. The van der Waals surface area contributed by atoms with Crippen LogP contribution in [0.25, 0.3) is 5.52 Å². The van der Waals surface area contributed by atoms with E-state index in [4.69, 9.17) is 40.1 Å². The maximum Gasteiger partial charge on any atom is 0.352 e. The quantitative estimate of drug-likeness (QED) is 0.699. The number of rotatable bonds is 0. The Morgan fingerprint density at radius 3 is 2.65 bits per heavy atom. The zero-order valence-electron chi connectivity index (χ0n) is 8.19. The Morgan fingerprint density at radius 1 is 1.35 bits per heavy atom. The van der Waals surface area contributed by atoms with Gasteiger partial charge >= 0.3 is 5.69 Å². The standard InChI is InChI=1S/C10H4Cl3N3O/c11-10(12,13)8-6(5-14)7-3-1-2-4-16(7)9(17)15-8/h1-4H. The van der Waals surface area contributed by atoms with Crippen LogP contribution in [0, 0.1) is 11.3 Å². The van der Waals surface area contributed by atoms with E-state index in [1.54, 1.807) is 18.2 Å². The number of hydrogen-bond donors (Lipinski definition) is 0. The molecule has 0 radical (unpaired) electrons. The average molecular weight is 289 g/mol. The first kappa shape index (κ1) is 12.2. The number of fused-ring (bicyclic) bond motifs is 1. The number of hydrogen-bond acceptors (Lipinski definition) is 3. The van der Waals surface area contributed by atoms with Gasteiger partial charge in [-0.15, -0.1) is 0 Å². The van der Waals surface area contributed by atoms with Gasteiger partial charge in [0.15, 0.2) is 0 Å². The third kappa shape index (κ3) is 2.09. The largest absolute Gasteiger partial charge is 0.352 e. The molecule has 0 saturated heterocycles. The van der Waals surface area contributed by atoms with Gasteiger partial charge in [-0.25, -0.2) is 4.79 Å². The highest BCUT2D eigenvalue weighted by molar-refractivity contribution is 6.66. The summed E-state index contributed by atoms with van der Waals surface area (Å²) in [5, 5.41) is 9.09. The fourth-order valence-corrected chi connectivity index (χ4v) is 1.87. The zero-order valence-corrected chi connectivity index (χ0v) is 10.5. The third-order valence-corrected chi connectivity index (χ3v) is 2.68. The Bertz CT molecular complexity index is 682. The lowest BCUT2D eigenvalue weighted by Crippen LogP contribution is -2.23. The molecule has 17 heavy (non-hydrogen) atoms. The normalized spacial score (nSPS) is 11.4. The van der Waals surface area contributed by atoms with Gasteiger partial charge in [0.25, 0.3) is 0 Å². The van der Waals surface area contributed by atoms with Gasteiger partial charge in [0, 0.05) is 6.20 Å². The Hall–Kier alpha value is -1.28. The number of aromatic nitrogens is 2. The van der Waals surface area contributed by atoms with Crippen molar-refractivity contribution in [2.24, 2.45) is 0 Å². The highest BCUT2D eigenvalue weighted by Gasteiger charge is 2.30. The Labute approximate surface area is 111 Å². The van der Waals surface area contributed by atoms with Gasteiger partial charge in [-0.05, 0) is 12.1 Å². The van der Waals surface area contributed by atoms with E-state index in [1.165, 1.54) is 10.6 Å². The van der Waals surface area contributed by atoms with Crippen molar-refractivity contribution >= 4 is 40.3 Å². The van der Waals surface area contributed by atoms with Gasteiger partial charge in [0.1, 0.15) is 17.3 Å². The van der Waals surface area contributed by atoms with Crippen LogP contribution in [0.5, 0.6) is 0 Å². The van der Waals surface area contributed by atoms with E-state index in [1.807, 2.05) is 6.07 Å². The molecule has 0 saturated carbocycles. The molecule has 2 aromatic rings. The molecule has 0 aromatic carbocycles. The van der Waals surface area contributed by atoms with E-state index in [0.29, 0.717) is 5.52 Å².